The standard InChI is InChI=1S/C21H29N5O3/c1-15(2)23-18(27)13-24-9-11-25(12-10-24)19(28)7-8-26-14-22-20-16(3)5-4-6-17(20)21(26)29/h4-6,14-15H,7-13H2,1-3H3,(H,23,27). The molecule has 2 heterocycles. The van der Waals surface area contributed by atoms with Crippen molar-refractivity contribution >= 4 is 22.7 Å². The number of benzene rings is 1. The first-order chi connectivity index (χ1) is 13.8. The summed E-state index contributed by atoms with van der Waals surface area (Å²) >= 11 is 0. The molecule has 1 aliphatic heterocycles. The zero-order valence-corrected chi connectivity index (χ0v) is 17.4. The zero-order chi connectivity index (χ0) is 21.0. The van der Waals surface area contributed by atoms with Gasteiger partial charge < -0.3 is 10.2 Å². The number of rotatable bonds is 6. The lowest BCUT2D eigenvalue weighted by Gasteiger charge is -2.34. The van der Waals surface area contributed by atoms with E-state index in [1.54, 1.807) is 11.0 Å². The van der Waals surface area contributed by atoms with Gasteiger partial charge in [0, 0.05) is 45.2 Å². The maximum atomic E-state index is 12.6. The molecule has 1 N–H and O–H groups in total. The molecule has 8 nitrogen and oxygen atoms in total. The van der Waals surface area contributed by atoms with Crippen molar-refractivity contribution in [2.75, 3.05) is 32.7 Å². The van der Waals surface area contributed by atoms with E-state index in [0.29, 0.717) is 50.2 Å². The van der Waals surface area contributed by atoms with Crippen LogP contribution in [0.3, 0.4) is 0 Å². The molecule has 0 spiro atoms. The van der Waals surface area contributed by atoms with Crippen molar-refractivity contribution < 1.29 is 9.59 Å². The molecule has 0 bridgehead atoms. The summed E-state index contributed by atoms with van der Waals surface area (Å²) in [6.45, 7) is 9.01. The van der Waals surface area contributed by atoms with Crippen LogP contribution < -0.4 is 10.9 Å². The monoisotopic (exact) mass is 399 g/mol. The van der Waals surface area contributed by atoms with E-state index in [2.05, 4.69) is 15.2 Å². The van der Waals surface area contributed by atoms with E-state index in [-0.39, 0.29) is 29.8 Å². The Bertz CT molecular complexity index is 945. The van der Waals surface area contributed by atoms with Gasteiger partial charge in [-0.2, -0.15) is 0 Å². The summed E-state index contributed by atoms with van der Waals surface area (Å²) in [6.07, 6.45) is 1.78. The van der Waals surface area contributed by atoms with Crippen molar-refractivity contribution in [2.24, 2.45) is 0 Å². The number of nitrogens with one attached hydrogen (secondary N) is 1. The van der Waals surface area contributed by atoms with Crippen LogP contribution >= 0.6 is 0 Å². The van der Waals surface area contributed by atoms with Gasteiger partial charge in [-0.05, 0) is 32.4 Å². The first-order valence-electron chi connectivity index (χ1n) is 10.1. The number of para-hydroxylation sites is 1. The number of carbonyl (C=O) groups excluding carboxylic acids is 2. The Kier molecular flexibility index (Phi) is 6.64. The quantitative estimate of drug-likeness (QED) is 0.775. The lowest BCUT2D eigenvalue weighted by atomic mass is 10.1. The molecule has 1 aliphatic rings. The smallest absolute Gasteiger partial charge is 0.261 e. The fourth-order valence-electron chi connectivity index (χ4n) is 3.60. The van der Waals surface area contributed by atoms with Crippen LogP contribution in [0.5, 0.6) is 0 Å². The van der Waals surface area contributed by atoms with Crippen molar-refractivity contribution in [1.29, 1.82) is 0 Å². The third kappa shape index (κ3) is 5.20. The summed E-state index contributed by atoms with van der Waals surface area (Å²) in [6, 6.07) is 5.67. The Morgan fingerprint density at radius 3 is 2.59 bits per heavy atom. The molecule has 1 fully saturated rings. The zero-order valence-electron chi connectivity index (χ0n) is 17.4. The van der Waals surface area contributed by atoms with E-state index in [1.807, 2.05) is 32.9 Å². The van der Waals surface area contributed by atoms with E-state index in [1.165, 1.54) is 10.9 Å². The summed E-state index contributed by atoms with van der Waals surface area (Å²) in [5, 5.41) is 3.46. The fraction of sp³-hybridized carbons (Fsp3) is 0.524. The molecule has 1 aromatic carbocycles. The summed E-state index contributed by atoms with van der Waals surface area (Å²) < 4.78 is 1.51. The molecule has 3 rings (SSSR count). The Labute approximate surface area is 170 Å². The van der Waals surface area contributed by atoms with Crippen LogP contribution in [-0.2, 0) is 16.1 Å². The summed E-state index contributed by atoms with van der Waals surface area (Å²) in [5.41, 5.74) is 1.55. The number of nitrogens with zero attached hydrogens (tertiary/aromatic N) is 4. The molecule has 29 heavy (non-hydrogen) atoms. The van der Waals surface area contributed by atoms with E-state index in [0.717, 1.165) is 5.56 Å². The van der Waals surface area contributed by atoms with E-state index < -0.39 is 0 Å². The minimum absolute atomic E-state index is 0.0122. The lowest BCUT2D eigenvalue weighted by Crippen LogP contribution is -2.51. The highest BCUT2D eigenvalue weighted by Crippen LogP contribution is 2.11. The van der Waals surface area contributed by atoms with Gasteiger partial charge in [0.05, 0.1) is 23.8 Å². The van der Waals surface area contributed by atoms with E-state index >= 15 is 0 Å². The van der Waals surface area contributed by atoms with Crippen molar-refractivity contribution in [3.8, 4) is 0 Å². The predicted octanol–water partition coefficient (Wildman–Crippen LogP) is 0.764. The van der Waals surface area contributed by atoms with Crippen LogP contribution in [0.2, 0.25) is 0 Å². The molecule has 0 atom stereocenters. The molecule has 1 saturated heterocycles. The molecule has 0 radical (unpaired) electrons. The number of amides is 2. The topological polar surface area (TPSA) is 87.5 Å². The molecule has 2 amide bonds. The van der Waals surface area contributed by atoms with Gasteiger partial charge in [-0.3, -0.25) is 23.9 Å². The second kappa shape index (κ2) is 9.17. The highest BCUT2D eigenvalue weighted by atomic mass is 16.2. The van der Waals surface area contributed by atoms with Crippen molar-refractivity contribution in [3.63, 3.8) is 0 Å². The van der Waals surface area contributed by atoms with Gasteiger partial charge in [0.1, 0.15) is 0 Å². The maximum Gasteiger partial charge on any atom is 0.261 e. The Hall–Kier alpha value is -2.74. The van der Waals surface area contributed by atoms with Gasteiger partial charge in [-0.1, -0.05) is 12.1 Å². The number of hydrogen-bond acceptors (Lipinski definition) is 5. The lowest BCUT2D eigenvalue weighted by molar-refractivity contribution is -0.133. The molecule has 2 aromatic rings. The largest absolute Gasteiger partial charge is 0.353 e. The average Bonchev–Trinajstić information content (AvgIpc) is 2.68. The molecule has 8 heteroatoms. The van der Waals surface area contributed by atoms with Gasteiger partial charge in [0.15, 0.2) is 0 Å². The van der Waals surface area contributed by atoms with E-state index in [9.17, 15) is 14.4 Å². The molecule has 1 aromatic heterocycles. The summed E-state index contributed by atoms with van der Waals surface area (Å²) in [5.74, 6) is 0.0331. The number of piperazine rings is 1. The minimum Gasteiger partial charge on any atom is -0.353 e. The summed E-state index contributed by atoms with van der Waals surface area (Å²) in [4.78, 5) is 45.3. The maximum absolute atomic E-state index is 12.6. The predicted molar refractivity (Wildman–Crippen MR) is 112 cm³/mol. The SMILES string of the molecule is Cc1cccc2c(=O)n(CCC(=O)N3CCN(CC(=O)NC(C)C)CC3)cnc12. The summed E-state index contributed by atoms with van der Waals surface area (Å²) in [7, 11) is 0. The molecule has 156 valence electrons. The molecule has 0 saturated carbocycles. The first-order valence-corrected chi connectivity index (χ1v) is 10.1. The Balaban J connectivity index is 1.52. The van der Waals surface area contributed by atoms with E-state index in [4.69, 9.17) is 0 Å². The van der Waals surface area contributed by atoms with Crippen LogP contribution in [0.25, 0.3) is 10.9 Å². The van der Waals surface area contributed by atoms with Gasteiger partial charge in [-0.25, -0.2) is 4.98 Å². The number of aryl methyl sites for hydroxylation is 2. The van der Waals surface area contributed by atoms with Gasteiger partial charge in [0.25, 0.3) is 5.56 Å². The second-order valence-electron chi connectivity index (χ2n) is 7.84. The van der Waals surface area contributed by atoms with Gasteiger partial charge >= 0.3 is 0 Å². The Morgan fingerprint density at radius 1 is 1.17 bits per heavy atom. The molecule has 0 unspecified atom stereocenters. The first kappa shape index (κ1) is 21.0. The van der Waals surface area contributed by atoms with Crippen molar-refractivity contribution in [2.45, 2.75) is 39.8 Å². The van der Waals surface area contributed by atoms with Crippen LogP contribution in [0.15, 0.2) is 29.3 Å². The second-order valence-corrected chi connectivity index (χ2v) is 7.84. The third-order valence-corrected chi connectivity index (χ3v) is 5.16. The Morgan fingerprint density at radius 2 is 1.90 bits per heavy atom. The average molecular weight is 399 g/mol. The van der Waals surface area contributed by atoms with Gasteiger partial charge in [-0.15, -0.1) is 0 Å². The van der Waals surface area contributed by atoms with Gasteiger partial charge in [0.2, 0.25) is 11.8 Å². The number of fused-ring (bicyclic) bond motifs is 1. The van der Waals surface area contributed by atoms with Crippen LogP contribution in [0.1, 0.15) is 25.8 Å². The number of aromatic nitrogens is 2. The van der Waals surface area contributed by atoms with Crippen LogP contribution in [-0.4, -0.2) is 69.9 Å². The fourth-order valence-corrected chi connectivity index (χ4v) is 3.60. The highest BCUT2D eigenvalue weighted by molar-refractivity contribution is 5.80. The van der Waals surface area contributed by atoms with Crippen molar-refractivity contribution in [1.82, 2.24) is 24.7 Å². The van der Waals surface area contributed by atoms with Crippen LogP contribution in [0, 0.1) is 6.92 Å². The highest BCUT2D eigenvalue weighted by Gasteiger charge is 2.22. The normalized spacial score (nSPS) is 15.1. The minimum atomic E-state index is -0.118. The third-order valence-electron chi connectivity index (χ3n) is 5.16. The molecular weight excluding hydrogens is 370 g/mol. The molecular formula is C21H29N5O3. The number of hydrogen-bond donors (Lipinski definition) is 1. The van der Waals surface area contributed by atoms with Crippen LogP contribution in [0.4, 0.5) is 0 Å². The number of carbonyl (C=O) groups is 2. The van der Waals surface area contributed by atoms with Crippen molar-refractivity contribution in [3.05, 3.63) is 40.4 Å². The molecule has 0 aliphatic carbocycles.